The lowest BCUT2D eigenvalue weighted by Gasteiger charge is -2.46. The zero-order valence-electron chi connectivity index (χ0n) is 15.0. The molecule has 1 unspecified atom stereocenters. The molecule has 1 saturated heterocycles. The van der Waals surface area contributed by atoms with Crippen LogP contribution in [-0.2, 0) is 0 Å². The molecule has 2 aromatic carbocycles. The lowest BCUT2D eigenvalue weighted by atomic mass is 9.96. The molecule has 2 aliphatic rings. The SMILES string of the molecule is O=C(c1cc2ccccc2c(=O)[nH]1)N1CC2CCCCN2c2ccccc21. The van der Waals surface area contributed by atoms with Crippen molar-refractivity contribution >= 4 is 28.1 Å². The van der Waals surface area contributed by atoms with Crippen LogP contribution in [0.1, 0.15) is 29.8 Å². The molecule has 0 spiro atoms. The van der Waals surface area contributed by atoms with Crippen molar-refractivity contribution in [1.82, 2.24) is 4.98 Å². The monoisotopic (exact) mass is 359 g/mol. The first kappa shape index (κ1) is 16.1. The quantitative estimate of drug-likeness (QED) is 0.723. The summed E-state index contributed by atoms with van der Waals surface area (Å²) in [4.78, 5) is 32.9. The van der Waals surface area contributed by atoms with Gasteiger partial charge >= 0.3 is 0 Å². The highest BCUT2D eigenvalue weighted by Crippen LogP contribution is 2.39. The second-order valence-corrected chi connectivity index (χ2v) is 7.35. The number of para-hydroxylation sites is 2. The molecule has 1 N–H and O–H groups in total. The van der Waals surface area contributed by atoms with E-state index < -0.39 is 0 Å². The summed E-state index contributed by atoms with van der Waals surface area (Å²) >= 11 is 0. The van der Waals surface area contributed by atoms with E-state index in [0.717, 1.165) is 29.7 Å². The topological polar surface area (TPSA) is 56.4 Å². The van der Waals surface area contributed by atoms with Gasteiger partial charge in [-0.05, 0) is 48.9 Å². The summed E-state index contributed by atoms with van der Waals surface area (Å²) in [5, 5.41) is 1.39. The summed E-state index contributed by atoms with van der Waals surface area (Å²) in [6, 6.07) is 17.6. The van der Waals surface area contributed by atoms with E-state index in [-0.39, 0.29) is 11.5 Å². The van der Waals surface area contributed by atoms with Crippen LogP contribution in [0.5, 0.6) is 0 Å². The number of nitrogens with one attached hydrogen (secondary N) is 1. The predicted molar refractivity (Wildman–Crippen MR) is 108 cm³/mol. The first-order chi connectivity index (χ1) is 13.2. The van der Waals surface area contributed by atoms with E-state index in [4.69, 9.17) is 0 Å². The fourth-order valence-corrected chi connectivity index (χ4v) is 4.42. The van der Waals surface area contributed by atoms with Crippen molar-refractivity contribution in [3.63, 3.8) is 0 Å². The standard InChI is InChI=1S/C22H21N3O2/c26-21-17-9-2-1-7-15(17)13-18(23-21)22(27)25-14-16-8-5-6-12-24(16)19-10-3-4-11-20(19)25/h1-4,7,9-11,13,16H,5-6,8,12,14H2,(H,23,26). The molecule has 0 saturated carbocycles. The third-order valence-corrected chi connectivity index (χ3v) is 5.73. The Morgan fingerprint density at radius 3 is 2.67 bits per heavy atom. The number of benzene rings is 2. The number of fused-ring (bicyclic) bond motifs is 4. The Labute approximate surface area is 157 Å². The van der Waals surface area contributed by atoms with Crippen LogP contribution in [0, 0.1) is 0 Å². The minimum Gasteiger partial charge on any atom is -0.365 e. The van der Waals surface area contributed by atoms with E-state index in [0.29, 0.717) is 23.7 Å². The highest BCUT2D eigenvalue weighted by molar-refractivity contribution is 6.08. The van der Waals surface area contributed by atoms with Crippen molar-refractivity contribution in [1.29, 1.82) is 0 Å². The summed E-state index contributed by atoms with van der Waals surface area (Å²) in [5.74, 6) is -0.143. The first-order valence-corrected chi connectivity index (χ1v) is 9.52. The molecular weight excluding hydrogens is 338 g/mol. The van der Waals surface area contributed by atoms with Crippen molar-refractivity contribution in [2.45, 2.75) is 25.3 Å². The second kappa shape index (κ2) is 6.27. The van der Waals surface area contributed by atoms with E-state index in [1.807, 2.05) is 41.3 Å². The molecule has 2 aliphatic heterocycles. The third-order valence-electron chi connectivity index (χ3n) is 5.73. The van der Waals surface area contributed by atoms with Crippen LogP contribution in [-0.4, -0.2) is 30.0 Å². The minimum atomic E-state index is -0.221. The lowest BCUT2D eigenvalue weighted by molar-refractivity contribution is 0.0978. The number of carbonyl (C=O) groups excluding carboxylic acids is 1. The average Bonchev–Trinajstić information content (AvgIpc) is 2.72. The van der Waals surface area contributed by atoms with Crippen LogP contribution in [0.15, 0.2) is 59.4 Å². The largest absolute Gasteiger partial charge is 0.365 e. The summed E-state index contributed by atoms with van der Waals surface area (Å²) in [7, 11) is 0. The Kier molecular flexibility index (Phi) is 3.74. The Morgan fingerprint density at radius 1 is 1.00 bits per heavy atom. The summed E-state index contributed by atoms with van der Waals surface area (Å²) in [6.07, 6.45) is 3.47. The van der Waals surface area contributed by atoms with Gasteiger partial charge in [0.1, 0.15) is 5.69 Å². The number of rotatable bonds is 1. The Balaban J connectivity index is 1.59. The maximum atomic E-state index is 13.4. The van der Waals surface area contributed by atoms with Crippen molar-refractivity contribution in [3.05, 3.63) is 70.6 Å². The minimum absolute atomic E-state index is 0.143. The number of aromatic amines is 1. The van der Waals surface area contributed by atoms with E-state index in [1.165, 1.54) is 12.8 Å². The van der Waals surface area contributed by atoms with E-state index in [1.54, 1.807) is 12.1 Å². The summed E-state index contributed by atoms with van der Waals surface area (Å²) < 4.78 is 0. The summed E-state index contributed by atoms with van der Waals surface area (Å²) in [5.41, 5.74) is 2.17. The fourth-order valence-electron chi connectivity index (χ4n) is 4.42. The van der Waals surface area contributed by atoms with Crippen LogP contribution in [0.2, 0.25) is 0 Å². The molecular formula is C22H21N3O2. The van der Waals surface area contributed by atoms with Crippen LogP contribution in [0.4, 0.5) is 11.4 Å². The van der Waals surface area contributed by atoms with E-state index in [2.05, 4.69) is 16.0 Å². The lowest BCUT2D eigenvalue weighted by Crippen LogP contribution is -2.53. The zero-order chi connectivity index (χ0) is 18.4. The van der Waals surface area contributed by atoms with Crippen molar-refractivity contribution in [2.24, 2.45) is 0 Å². The molecule has 1 amide bonds. The number of pyridine rings is 1. The average molecular weight is 359 g/mol. The zero-order valence-corrected chi connectivity index (χ0v) is 15.0. The normalized spacial score (nSPS) is 18.9. The molecule has 5 heteroatoms. The Bertz CT molecular complexity index is 1090. The number of H-pyrrole nitrogens is 1. The van der Waals surface area contributed by atoms with Crippen molar-refractivity contribution in [3.8, 4) is 0 Å². The highest BCUT2D eigenvalue weighted by atomic mass is 16.2. The van der Waals surface area contributed by atoms with Crippen molar-refractivity contribution in [2.75, 3.05) is 22.9 Å². The van der Waals surface area contributed by atoms with Gasteiger partial charge in [0.2, 0.25) is 0 Å². The van der Waals surface area contributed by atoms with E-state index >= 15 is 0 Å². The molecule has 1 fully saturated rings. The third kappa shape index (κ3) is 2.62. The Hall–Kier alpha value is -3.08. The van der Waals surface area contributed by atoms with Gasteiger partial charge in [0, 0.05) is 24.5 Å². The Morgan fingerprint density at radius 2 is 1.78 bits per heavy atom. The molecule has 3 heterocycles. The van der Waals surface area contributed by atoms with Gasteiger partial charge in [-0.1, -0.05) is 30.3 Å². The summed E-state index contributed by atoms with van der Waals surface area (Å²) in [6.45, 7) is 1.70. The smallest absolute Gasteiger partial charge is 0.274 e. The number of carbonyl (C=O) groups is 1. The van der Waals surface area contributed by atoms with Gasteiger partial charge in [-0.3, -0.25) is 9.59 Å². The maximum absolute atomic E-state index is 13.4. The van der Waals surface area contributed by atoms with Crippen LogP contribution < -0.4 is 15.4 Å². The van der Waals surface area contributed by atoms with Gasteiger partial charge < -0.3 is 14.8 Å². The molecule has 27 heavy (non-hydrogen) atoms. The molecule has 0 aliphatic carbocycles. The number of amides is 1. The number of aromatic nitrogens is 1. The highest BCUT2D eigenvalue weighted by Gasteiger charge is 2.35. The predicted octanol–water partition coefficient (Wildman–Crippen LogP) is 3.55. The van der Waals surface area contributed by atoms with E-state index in [9.17, 15) is 9.59 Å². The molecule has 1 aromatic heterocycles. The van der Waals surface area contributed by atoms with Gasteiger partial charge in [0.25, 0.3) is 11.5 Å². The molecule has 136 valence electrons. The number of hydrogen-bond donors (Lipinski definition) is 1. The maximum Gasteiger partial charge on any atom is 0.274 e. The van der Waals surface area contributed by atoms with Crippen molar-refractivity contribution < 1.29 is 4.79 Å². The molecule has 0 radical (unpaired) electrons. The molecule has 5 rings (SSSR count). The number of piperidine rings is 1. The van der Waals surface area contributed by atoms with Gasteiger partial charge in [0.05, 0.1) is 11.4 Å². The number of hydrogen-bond acceptors (Lipinski definition) is 3. The fraction of sp³-hybridized carbons (Fsp3) is 0.273. The molecule has 0 bridgehead atoms. The van der Waals surface area contributed by atoms with Crippen LogP contribution in [0.25, 0.3) is 10.8 Å². The van der Waals surface area contributed by atoms with Crippen LogP contribution in [0.3, 0.4) is 0 Å². The second-order valence-electron chi connectivity index (χ2n) is 7.35. The first-order valence-electron chi connectivity index (χ1n) is 9.52. The number of nitrogens with zero attached hydrogens (tertiary/aromatic N) is 2. The number of anilines is 2. The van der Waals surface area contributed by atoms with Gasteiger partial charge in [-0.2, -0.15) is 0 Å². The molecule has 3 aromatic rings. The van der Waals surface area contributed by atoms with Crippen LogP contribution >= 0.6 is 0 Å². The van der Waals surface area contributed by atoms with Gasteiger partial charge in [0.15, 0.2) is 0 Å². The van der Waals surface area contributed by atoms with Gasteiger partial charge in [-0.15, -0.1) is 0 Å². The van der Waals surface area contributed by atoms with Gasteiger partial charge in [-0.25, -0.2) is 0 Å². The molecule has 5 nitrogen and oxygen atoms in total. The molecule has 1 atom stereocenters.